The van der Waals surface area contributed by atoms with Gasteiger partial charge in [0.2, 0.25) is 5.91 Å². The molecular weight excluding hydrogens is 361 g/mol. The highest BCUT2D eigenvalue weighted by molar-refractivity contribution is 7.91. The molecule has 2 atom stereocenters. The molecule has 1 rings (SSSR count). The number of nitrogens with one attached hydrogen (secondary N) is 2. The van der Waals surface area contributed by atoms with Crippen LogP contribution in [0.2, 0.25) is 0 Å². The van der Waals surface area contributed by atoms with Crippen LogP contribution in [0.5, 0.6) is 0 Å². The van der Waals surface area contributed by atoms with Gasteiger partial charge in [0, 0.05) is 0 Å². The summed E-state index contributed by atoms with van der Waals surface area (Å²) in [4.78, 5) is 22.5. The molecule has 1 amide bonds. The van der Waals surface area contributed by atoms with Gasteiger partial charge in [0.15, 0.2) is 0 Å². The molecule has 23 heavy (non-hydrogen) atoms. The number of amides is 1. The van der Waals surface area contributed by atoms with Crippen molar-refractivity contribution < 1.29 is 36.3 Å². The van der Waals surface area contributed by atoms with Gasteiger partial charge in [-0.25, -0.2) is 13.2 Å². The maximum Gasteiger partial charge on any atom is 0.391 e. The van der Waals surface area contributed by atoms with Gasteiger partial charge in [-0.05, 0) is 18.4 Å². The fraction of sp³-hybridized carbons (Fsp3) is 0.455. The lowest BCUT2D eigenvalue weighted by Gasteiger charge is -2.19. The Balaban J connectivity index is 2.74. The third-order valence-electron chi connectivity index (χ3n) is 2.54. The summed E-state index contributed by atoms with van der Waals surface area (Å²) in [5.74, 6) is -3.05. The number of carbonyl (C=O) groups excluding carboxylic acids is 1. The number of halogens is 3. The number of carboxylic acids is 1. The maximum absolute atomic E-state index is 12.2. The Morgan fingerprint density at radius 3 is 2.43 bits per heavy atom. The topological polar surface area (TPSA) is 113 Å². The normalized spacial score (nSPS) is 15.0. The summed E-state index contributed by atoms with van der Waals surface area (Å²) in [7, 11) is -4.01. The van der Waals surface area contributed by atoms with Crippen molar-refractivity contribution in [2.24, 2.45) is 0 Å². The molecule has 1 aromatic heterocycles. The Labute approximate surface area is 133 Å². The molecule has 0 aliphatic carbocycles. The van der Waals surface area contributed by atoms with Crippen molar-refractivity contribution in [3.8, 4) is 0 Å². The quantitative estimate of drug-likeness (QED) is 0.657. The molecule has 0 saturated carbocycles. The van der Waals surface area contributed by atoms with E-state index in [0.29, 0.717) is 0 Å². The number of hydrogen-bond donors (Lipinski definition) is 3. The predicted octanol–water partition coefficient (Wildman–Crippen LogP) is 0.937. The standard InChI is InChI=1S/C11H13F3N2O5S2/c1-6(16-23(20,21)8-3-2-4-22-8)9(17)15-7(10(18)19)5-11(12,13)14/h2-4,6-7,16H,5H2,1H3,(H,15,17)(H,18,19). The molecule has 3 N–H and O–H groups in total. The molecule has 130 valence electrons. The zero-order valence-electron chi connectivity index (χ0n) is 11.6. The zero-order chi connectivity index (χ0) is 17.8. The molecule has 7 nitrogen and oxygen atoms in total. The van der Waals surface area contributed by atoms with E-state index in [1.807, 2.05) is 4.72 Å². The van der Waals surface area contributed by atoms with Gasteiger partial charge in [0.05, 0.1) is 12.5 Å². The van der Waals surface area contributed by atoms with E-state index in [0.717, 1.165) is 18.3 Å². The second-order valence-electron chi connectivity index (χ2n) is 4.49. The Kier molecular flexibility index (Phi) is 6.13. The highest BCUT2D eigenvalue weighted by Crippen LogP contribution is 2.22. The lowest BCUT2D eigenvalue weighted by molar-refractivity contribution is -0.160. The Morgan fingerprint density at radius 1 is 1.39 bits per heavy atom. The van der Waals surface area contributed by atoms with Crippen LogP contribution in [0.3, 0.4) is 0 Å². The second-order valence-corrected chi connectivity index (χ2v) is 7.38. The molecule has 0 bridgehead atoms. The molecule has 12 heteroatoms. The first-order valence-electron chi connectivity index (χ1n) is 6.08. The highest BCUT2D eigenvalue weighted by Gasteiger charge is 2.37. The van der Waals surface area contributed by atoms with E-state index in [1.54, 1.807) is 5.32 Å². The van der Waals surface area contributed by atoms with E-state index in [4.69, 9.17) is 5.11 Å². The van der Waals surface area contributed by atoms with Crippen LogP contribution in [-0.2, 0) is 19.6 Å². The third kappa shape index (κ3) is 6.15. The van der Waals surface area contributed by atoms with Crippen molar-refractivity contribution in [3.63, 3.8) is 0 Å². The summed E-state index contributed by atoms with van der Waals surface area (Å²) in [5, 5.41) is 11.8. The molecule has 0 aliphatic rings. The summed E-state index contributed by atoms with van der Waals surface area (Å²) >= 11 is 0.885. The lowest BCUT2D eigenvalue weighted by atomic mass is 10.2. The van der Waals surface area contributed by atoms with E-state index in [1.165, 1.54) is 17.5 Å². The molecule has 1 heterocycles. The summed E-state index contributed by atoms with van der Waals surface area (Å²) in [5.41, 5.74) is 0. The molecule has 0 aliphatic heterocycles. The van der Waals surface area contributed by atoms with Crippen LogP contribution >= 0.6 is 11.3 Å². The molecular formula is C11H13F3N2O5S2. The van der Waals surface area contributed by atoms with Crippen LogP contribution in [0.25, 0.3) is 0 Å². The molecule has 0 saturated heterocycles. The number of carbonyl (C=O) groups is 2. The van der Waals surface area contributed by atoms with Crippen LogP contribution in [0.15, 0.2) is 21.7 Å². The van der Waals surface area contributed by atoms with Gasteiger partial charge in [-0.1, -0.05) is 6.07 Å². The van der Waals surface area contributed by atoms with Crippen molar-refractivity contribution >= 4 is 33.2 Å². The first-order valence-corrected chi connectivity index (χ1v) is 8.44. The Morgan fingerprint density at radius 2 is 2.00 bits per heavy atom. The van der Waals surface area contributed by atoms with Gasteiger partial charge in [-0.2, -0.15) is 17.9 Å². The molecule has 0 spiro atoms. The van der Waals surface area contributed by atoms with Gasteiger partial charge in [0.25, 0.3) is 10.0 Å². The van der Waals surface area contributed by atoms with Crippen LogP contribution in [-0.4, -0.2) is 43.7 Å². The number of alkyl halides is 3. The molecule has 0 aromatic carbocycles. The average molecular weight is 374 g/mol. The number of carboxylic acid groups (broad SMARTS) is 1. The van der Waals surface area contributed by atoms with E-state index < -0.39 is 46.6 Å². The zero-order valence-corrected chi connectivity index (χ0v) is 13.3. The van der Waals surface area contributed by atoms with E-state index >= 15 is 0 Å². The number of rotatable bonds is 7. The fourth-order valence-corrected chi connectivity index (χ4v) is 3.70. The smallest absolute Gasteiger partial charge is 0.391 e. The number of hydrogen-bond acceptors (Lipinski definition) is 5. The van der Waals surface area contributed by atoms with Gasteiger partial charge in [0.1, 0.15) is 10.3 Å². The van der Waals surface area contributed by atoms with E-state index in [2.05, 4.69) is 0 Å². The number of aliphatic carboxylic acids is 1. The average Bonchev–Trinajstić information content (AvgIpc) is 2.90. The minimum Gasteiger partial charge on any atom is -0.480 e. The summed E-state index contributed by atoms with van der Waals surface area (Å²) in [6.07, 6.45) is -6.56. The van der Waals surface area contributed by atoms with Crippen molar-refractivity contribution in [1.29, 1.82) is 0 Å². The molecule has 0 radical (unpaired) electrons. The minimum atomic E-state index is -4.80. The molecule has 1 aromatic rings. The van der Waals surface area contributed by atoms with Crippen molar-refractivity contribution in [2.45, 2.75) is 35.8 Å². The lowest BCUT2D eigenvalue weighted by Crippen LogP contribution is -2.51. The minimum absolute atomic E-state index is 0.0813. The number of sulfonamides is 1. The Hall–Kier alpha value is -1.66. The Bertz CT molecular complexity index is 658. The SMILES string of the molecule is CC(NS(=O)(=O)c1cccs1)C(=O)NC(CC(F)(F)F)C(=O)O. The molecule has 0 fully saturated rings. The van der Waals surface area contributed by atoms with Gasteiger partial charge in [-0.15, -0.1) is 11.3 Å². The maximum atomic E-state index is 12.2. The van der Waals surface area contributed by atoms with Crippen LogP contribution in [0.1, 0.15) is 13.3 Å². The highest BCUT2D eigenvalue weighted by atomic mass is 32.2. The van der Waals surface area contributed by atoms with Gasteiger partial charge < -0.3 is 10.4 Å². The third-order valence-corrected chi connectivity index (χ3v) is 5.47. The van der Waals surface area contributed by atoms with E-state index in [9.17, 15) is 31.2 Å². The first kappa shape index (κ1) is 19.4. The summed E-state index contributed by atoms with van der Waals surface area (Å²) in [6, 6.07) is -0.900. The van der Waals surface area contributed by atoms with Gasteiger partial charge in [-0.3, -0.25) is 4.79 Å². The monoisotopic (exact) mass is 374 g/mol. The van der Waals surface area contributed by atoms with Crippen molar-refractivity contribution in [3.05, 3.63) is 17.5 Å². The van der Waals surface area contributed by atoms with Crippen molar-refractivity contribution in [1.82, 2.24) is 10.0 Å². The fourth-order valence-electron chi connectivity index (χ4n) is 1.49. The largest absolute Gasteiger partial charge is 0.480 e. The van der Waals surface area contributed by atoms with Crippen molar-refractivity contribution in [2.75, 3.05) is 0 Å². The molecule has 2 unspecified atom stereocenters. The number of thiophene rings is 1. The van der Waals surface area contributed by atoms with Crippen LogP contribution in [0, 0.1) is 0 Å². The van der Waals surface area contributed by atoms with Crippen LogP contribution in [0.4, 0.5) is 13.2 Å². The first-order chi connectivity index (χ1) is 10.4. The van der Waals surface area contributed by atoms with Gasteiger partial charge >= 0.3 is 12.1 Å². The second kappa shape index (κ2) is 7.27. The van der Waals surface area contributed by atoms with E-state index in [-0.39, 0.29) is 4.21 Å². The summed E-state index contributed by atoms with van der Waals surface area (Å²) in [6.45, 7) is 1.09. The van der Waals surface area contributed by atoms with Crippen LogP contribution < -0.4 is 10.0 Å². The predicted molar refractivity (Wildman–Crippen MR) is 74.3 cm³/mol. The summed E-state index contributed by atoms with van der Waals surface area (Å²) < 4.78 is 62.4.